The first-order chi connectivity index (χ1) is 12.1. The third kappa shape index (κ3) is 6.77. The molecule has 4 nitrogen and oxygen atoms in total. The molecule has 0 aromatic rings. The van der Waals surface area contributed by atoms with Gasteiger partial charge in [0.2, 0.25) is 0 Å². The summed E-state index contributed by atoms with van der Waals surface area (Å²) in [6, 6.07) is 0. The second-order valence-electron chi connectivity index (χ2n) is 7.53. The van der Waals surface area contributed by atoms with Crippen molar-refractivity contribution in [2.45, 2.75) is 76.7 Å². The Morgan fingerprint density at radius 1 is 1.12 bits per heavy atom. The molecular formula is C21H32O4. The third-order valence-corrected chi connectivity index (χ3v) is 5.68. The molecule has 0 aliphatic heterocycles. The molecule has 2 N–H and O–H groups in total. The van der Waals surface area contributed by atoms with Gasteiger partial charge in [0.1, 0.15) is 5.78 Å². The van der Waals surface area contributed by atoms with Crippen LogP contribution in [0.25, 0.3) is 0 Å². The monoisotopic (exact) mass is 348 g/mol. The average Bonchev–Trinajstić information content (AvgIpc) is 2.96. The van der Waals surface area contributed by atoms with Crippen molar-refractivity contribution in [1.82, 2.24) is 0 Å². The minimum absolute atomic E-state index is 0.0546. The number of aliphatic hydroxyl groups excluding tert-OH is 1. The second kappa shape index (κ2) is 10.5. The highest BCUT2D eigenvalue weighted by molar-refractivity contribution is 5.83. The van der Waals surface area contributed by atoms with Crippen molar-refractivity contribution < 1.29 is 19.8 Å². The Labute approximate surface area is 151 Å². The summed E-state index contributed by atoms with van der Waals surface area (Å²) in [5.41, 5.74) is 0. The number of Topliss-reactive ketones (excluding diaryl/α,β-unsaturated/α-hetero) is 1. The largest absolute Gasteiger partial charge is 0.481 e. The molecule has 0 amide bonds. The van der Waals surface area contributed by atoms with Gasteiger partial charge in [-0.25, -0.2) is 0 Å². The van der Waals surface area contributed by atoms with E-state index in [4.69, 9.17) is 5.11 Å². The number of allylic oxidation sites excluding steroid dienone is 3. The minimum Gasteiger partial charge on any atom is -0.481 e. The Bertz CT molecular complexity index is 488. The van der Waals surface area contributed by atoms with Crippen LogP contribution in [-0.4, -0.2) is 28.1 Å². The summed E-state index contributed by atoms with van der Waals surface area (Å²) < 4.78 is 0. The highest BCUT2D eigenvalue weighted by Gasteiger charge is 2.32. The summed E-state index contributed by atoms with van der Waals surface area (Å²) in [6.07, 6.45) is 17.3. The van der Waals surface area contributed by atoms with Gasteiger partial charge in [0, 0.05) is 18.8 Å². The molecule has 0 spiro atoms. The van der Waals surface area contributed by atoms with Crippen LogP contribution in [0.3, 0.4) is 0 Å². The van der Waals surface area contributed by atoms with Crippen molar-refractivity contribution in [3.05, 3.63) is 24.3 Å². The van der Waals surface area contributed by atoms with Gasteiger partial charge in [0.25, 0.3) is 0 Å². The predicted molar refractivity (Wildman–Crippen MR) is 98.2 cm³/mol. The van der Waals surface area contributed by atoms with Crippen LogP contribution < -0.4 is 0 Å². The zero-order chi connectivity index (χ0) is 18.1. The lowest BCUT2D eigenvalue weighted by Crippen LogP contribution is -2.21. The van der Waals surface area contributed by atoms with Crippen LogP contribution in [0.5, 0.6) is 0 Å². The lowest BCUT2D eigenvalue weighted by atomic mass is 9.84. The first kappa shape index (κ1) is 19.9. The molecule has 4 heteroatoms. The van der Waals surface area contributed by atoms with E-state index in [1.165, 1.54) is 19.3 Å². The molecule has 0 aromatic heterocycles. The first-order valence-electron chi connectivity index (χ1n) is 9.84. The van der Waals surface area contributed by atoms with Crippen molar-refractivity contribution in [2.75, 3.05) is 0 Å². The van der Waals surface area contributed by atoms with Gasteiger partial charge in [-0.2, -0.15) is 0 Å². The van der Waals surface area contributed by atoms with Crippen LogP contribution in [0, 0.1) is 17.8 Å². The van der Waals surface area contributed by atoms with Crippen LogP contribution in [0.4, 0.5) is 0 Å². The maximum absolute atomic E-state index is 12.1. The van der Waals surface area contributed by atoms with Crippen molar-refractivity contribution in [1.29, 1.82) is 0 Å². The van der Waals surface area contributed by atoms with Gasteiger partial charge in [0.05, 0.1) is 6.10 Å². The first-order valence-corrected chi connectivity index (χ1v) is 9.84. The van der Waals surface area contributed by atoms with E-state index in [2.05, 4.69) is 6.08 Å². The maximum atomic E-state index is 12.1. The molecule has 2 fully saturated rings. The molecular weight excluding hydrogens is 316 g/mol. The number of carbonyl (C=O) groups excluding carboxylic acids is 1. The molecule has 2 aliphatic rings. The lowest BCUT2D eigenvalue weighted by Gasteiger charge is -2.25. The molecule has 3 unspecified atom stereocenters. The number of carboxylic acid groups (broad SMARTS) is 1. The fourth-order valence-corrected chi connectivity index (χ4v) is 4.15. The Kier molecular flexibility index (Phi) is 8.39. The van der Waals surface area contributed by atoms with Gasteiger partial charge < -0.3 is 10.2 Å². The van der Waals surface area contributed by atoms with Gasteiger partial charge in [0.15, 0.2) is 0 Å². The Hall–Kier alpha value is -1.42. The van der Waals surface area contributed by atoms with Crippen LogP contribution in [0.2, 0.25) is 0 Å². The third-order valence-electron chi connectivity index (χ3n) is 5.68. The highest BCUT2D eigenvalue weighted by atomic mass is 16.4. The molecule has 2 saturated carbocycles. The number of rotatable bonds is 9. The normalized spacial score (nSPS) is 26.7. The summed E-state index contributed by atoms with van der Waals surface area (Å²) in [5.74, 6) is 0.243. The quantitative estimate of drug-likeness (QED) is 0.610. The number of ketones is 1. The Morgan fingerprint density at radius 2 is 1.84 bits per heavy atom. The second-order valence-corrected chi connectivity index (χ2v) is 7.53. The van der Waals surface area contributed by atoms with Crippen LogP contribution in [0.15, 0.2) is 24.3 Å². The summed E-state index contributed by atoms with van der Waals surface area (Å²) in [7, 11) is 0. The van der Waals surface area contributed by atoms with E-state index in [0.717, 1.165) is 32.1 Å². The van der Waals surface area contributed by atoms with Gasteiger partial charge >= 0.3 is 5.97 Å². The van der Waals surface area contributed by atoms with Crippen molar-refractivity contribution in [3.63, 3.8) is 0 Å². The predicted octanol–water partition coefficient (Wildman–Crippen LogP) is 4.28. The topological polar surface area (TPSA) is 74.6 Å². The summed E-state index contributed by atoms with van der Waals surface area (Å²) >= 11 is 0. The van der Waals surface area contributed by atoms with Crippen LogP contribution in [-0.2, 0) is 9.59 Å². The summed E-state index contributed by atoms with van der Waals surface area (Å²) in [4.78, 5) is 22.6. The molecule has 2 rings (SSSR count). The van der Waals surface area contributed by atoms with Crippen molar-refractivity contribution in [3.8, 4) is 0 Å². The average molecular weight is 348 g/mol. The SMILES string of the molecule is O=C(O)CCC=CCCC1C(=O)CCC1C=CC(O)C1CCCCC1. The smallest absolute Gasteiger partial charge is 0.303 e. The van der Waals surface area contributed by atoms with Gasteiger partial charge in [-0.05, 0) is 50.4 Å². The van der Waals surface area contributed by atoms with E-state index in [-0.39, 0.29) is 24.4 Å². The summed E-state index contributed by atoms with van der Waals surface area (Å²) in [6.45, 7) is 0. The van der Waals surface area contributed by atoms with Crippen LogP contribution in [0.1, 0.15) is 70.6 Å². The Balaban J connectivity index is 1.77. The molecule has 0 aromatic carbocycles. The number of aliphatic carboxylic acids is 1. The van der Waals surface area contributed by atoms with Gasteiger partial charge in [-0.3, -0.25) is 9.59 Å². The lowest BCUT2D eigenvalue weighted by molar-refractivity contribution is -0.136. The van der Waals surface area contributed by atoms with Crippen molar-refractivity contribution >= 4 is 11.8 Å². The number of hydrogen-bond acceptors (Lipinski definition) is 3. The summed E-state index contributed by atoms with van der Waals surface area (Å²) in [5, 5.41) is 19.0. The molecule has 0 radical (unpaired) electrons. The molecule has 140 valence electrons. The van der Waals surface area contributed by atoms with E-state index < -0.39 is 5.97 Å². The fraction of sp³-hybridized carbons (Fsp3) is 0.714. The number of aliphatic hydroxyl groups is 1. The standard InChI is InChI=1S/C21H32O4/c22-19(17-8-4-3-5-9-17)14-12-16-13-15-20(23)18(16)10-6-1-2-7-11-21(24)25/h1-2,12,14,16-19,22H,3-11,13,15H2,(H,24,25). The number of hydrogen-bond donors (Lipinski definition) is 2. The number of carboxylic acids is 1. The van der Waals surface area contributed by atoms with Gasteiger partial charge in [-0.1, -0.05) is 43.6 Å². The molecule has 0 saturated heterocycles. The van der Waals surface area contributed by atoms with E-state index in [1.54, 1.807) is 0 Å². The van der Waals surface area contributed by atoms with Crippen LogP contribution >= 0.6 is 0 Å². The zero-order valence-corrected chi connectivity index (χ0v) is 15.1. The van der Waals surface area contributed by atoms with E-state index in [0.29, 0.717) is 24.5 Å². The zero-order valence-electron chi connectivity index (χ0n) is 15.1. The van der Waals surface area contributed by atoms with E-state index in [1.807, 2.05) is 18.2 Å². The maximum Gasteiger partial charge on any atom is 0.303 e. The fourth-order valence-electron chi connectivity index (χ4n) is 4.15. The van der Waals surface area contributed by atoms with E-state index >= 15 is 0 Å². The van der Waals surface area contributed by atoms with Gasteiger partial charge in [-0.15, -0.1) is 0 Å². The van der Waals surface area contributed by atoms with E-state index in [9.17, 15) is 14.7 Å². The van der Waals surface area contributed by atoms with Crippen molar-refractivity contribution in [2.24, 2.45) is 17.8 Å². The molecule has 0 heterocycles. The molecule has 3 atom stereocenters. The minimum atomic E-state index is -0.780. The molecule has 2 aliphatic carbocycles. The molecule has 25 heavy (non-hydrogen) atoms. The number of carbonyl (C=O) groups is 2. The molecule has 0 bridgehead atoms. The Morgan fingerprint density at radius 3 is 2.56 bits per heavy atom. The highest BCUT2D eigenvalue weighted by Crippen LogP contribution is 2.34.